The highest BCUT2D eigenvalue weighted by atomic mass is 19.3. The molecule has 1 atom stereocenters. The first-order chi connectivity index (χ1) is 10.9. The van der Waals surface area contributed by atoms with E-state index in [9.17, 15) is 13.6 Å². The molecular formula is C16H18F2N4O. The molecular weight excluding hydrogens is 302 g/mol. The number of carbonyl (C=O) groups is 1. The maximum absolute atomic E-state index is 13.1. The van der Waals surface area contributed by atoms with Gasteiger partial charge in [-0.25, -0.2) is 4.98 Å². The molecule has 5 nitrogen and oxygen atoms in total. The van der Waals surface area contributed by atoms with Crippen LogP contribution in [0.5, 0.6) is 0 Å². The fourth-order valence-electron chi connectivity index (χ4n) is 2.73. The van der Waals surface area contributed by atoms with Crippen molar-refractivity contribution >= 4 is 5.91 Å². The molecule has 0 spiro atoms. The number of aryl methyl sites for hydroxylation is 1. The van der Waals surface area contributed by atoms with Crippen molar-refractivity contribution in [2.24, 2.45) is 5.92 Å². The van der Waals surface area contributed by atoms with E-state index >= 15 is 0 Å². The molecule has 23 heavy (non-hydrogen) atoms. The van der Waals surface area contributed by atoms with Crippen molar-refractivity contribution in [3.8, 4) is 0 Å². The molecule has 0 saturated carbocycles. The van der Waals surface area contributed by atoms with Gasteiger partial charge >= 0.3 is 0 Å². The first kappa shape index (κ1) is 15.6. The number of hydrogen-bond donors (Lipinski definition) is 1. The summed E-state index contributed by atoms with van der Waals surface area (Å²) in [6.45, 7) is 2.15. The molecule has 3 rings (SSSR count). The molecule has 0 saturated heterocycles. The molecule has 122 valence electrons. The Balaban J connectivity index is 1.56. The van der Waals surface area contributed by atoms with Crippen molar-refractivity contribution in [3.63, 3.8) is 0 Å². The standard InChI is InChI=1S/C16H18F2N4O/c1-16(17,18)13-4-3-12(9-20-13)15(23)21-8-11-2-5-14-19-6-7-22(14)10-11/h3-4,6-7,9,11H,2,5,8,10H2,1H3,(H,21,23). The number of amides is 1. The molecule has 7 heteroatoms. The Morgan fingerprint density at radius 1 is 1.43 bits per heavy atom. The Bertz CT molecular complexity index is 691. The molecule has 1 N–H and O–H groups in total. The van der Waals surface area contributed by atoms with Gasteiger partial charge in [0.2, 0.25) is 0 Å². The number of pyridine rings is 1. The van der Waals surface area contributed by atoms with Gasteiger partial charge in [-0.15, -0.1) is 0 Å². The summed E-state index contributed by atoms with van der Waals surface area (Å²) in [6, 6.07) is 2.57. The van der Waals surface area contributed by atoms with E-state index in [0.717, 1.165) is 32.1 Å². The van der Waals surface area contributed by atoms with Crippen molar-refractivity contribution < 1.29 is 13.6 Å². The number of aromatic nitrogens is 3. The second kappa shape index (κ2) is 6.06. The Labute approximate surface area is 132 Å². The van der Waals surface area contributed by atoms with Crippen LogP contribution < -0.4 is 5.32 Å². The number of alkyl halides is 2. The Morgan fingerprint density at radius 3 is 2.96 bits per heavy atom. The SMILES string of the molecule is CC(F)(F)c1ccc(C(=O)NCC2CCc3nccn3C2)cn1. The summed E-state index contributed by atoms with van der Waals surface area (Å²) in [7, 11) is 0. The monoisotopic (exact) mass is 320 g/mol. The fraction of sp³-hybridized carbons (Fsp3) is 0.438. The predicted octanol–water partition coefficient (Wildman–Crippen LogP) is 2.38. The topological polar surface area (TPSA) is 59.8 Å². The molecule has 1 aliphatic heterocycles. The number of nitrogens with one attached hydrogen (secondary N) is 1. The van der Waals surface area contributed by atoms with E-state index in [4.69, 9.17) is 0 Å². The van der Waals surface area contributed by atoms with Crippen molar-refractivity contribution in [1.82, 2.24) is 19.9 Å². The van der Waals surface area contributed by atoms with Crippen LogP contribution in [0.3, 0.4) is 0 Å². The smallest absolute Gasteiger partial charge is 0.286 e. The molecule has 0 radical (unpaired) electrons. The lowest BCUT2D eigenvalue weighted by Gasteiger charge is -2.23. The third kappa shape index (κ3) is 3.55. The third-order valence-electron chi connectivity index (χ3n) is 4.06. The van der Waals surface area contributed by atoms with Crippen molar-refractivity contribution in [2.75, 3.05) is 6.54 Å². The van der Waals surface area contributed by atoms with Crippen LogP contribution in [0.1, 0.15) is 35.2 Å². The van der Waals surface area contributed by atoms with E-state index in [-0.39, 0.29) is 17.2 Å². The minimum atomic E-state index is -3.00. The second-order valence-corrected chi connectivity index (χ2v) is 5.93. The summed E-state index contributed by atoms with van der Waals surface area (Å²) in [4.78, 5) is 20.0. The van der Waals surface area contributed by atoms with Gasteiger partial charge in [-0.1, -0.05) is 0 Å². The molecule has 1 unspecified atom stereocenters. The highest BCUT2D eigenvalue weighted by Crippen LogP contribution is 2.24. The lowest BCUT2D eigenvalue weighted by atomic mass is 9.99. The maximum Gasteiger partial charge on any atom is 0.286 e. The van der Waals surface area contributed by atoms with Gasteiger partial charge in [0.25, 0.3) is 11.8 Å². The zero-order valence-corrected chi connectivity index (χ0v) is 12.8. The van der Waals surface area contributed by atoms with Crippen LogP contribution in [-0.4, -0.2) is 27.0 Å². The first-order valence-electron chi connectivity index (χ1n) is 7.56. The summed E-state index contributed by atoms with van der Waals surface area (Å²) < 4.78 is 28.3. The van der Waals surface area contributed by atoms with Gasteiger partial charge in [0.15, 0.2) is 0 Å². The average molecular weight is 320 g/mol. The molecule has 1 amide bonds. The lowest BCUT2D eigenvalue weighted by Crippen LogP contribution is -2.33. The lowest BCUT2D eigenvalue weighted by molar-refractivity contribution is 0.0127. The summed E-state index contributed by atoms with van der Waals surface area (Å²) in [5.74, 6) is -1.87. The summed E-state index contributed by atoms with van der Waals surface area (Å²) >= 11 is 0. The van der Waals surface area contributed by atoms with Gasteiger partial charge in [0, 0.05) is 45.0 Å². The van der Waals surface area contributed by atoms with Gasteiger partial charge in [0.1, 0.15) is 11.5 Å². The number of rotatable bonds is 4. The van der Waals surface area contributed by atoms with E-state index < -0.39 is 5.92 Å². The number of hydrogen-bond acceptors (Lipinski definition) is 3. The Morgan fingerprint density at radius 2 is 2.26 bits per heavy atom. The van der Waals surface area contributed by atoms with Crippen LogP contribution in [-0.2, 0) is 18.9 Å². The largest absolute Gasteiger partial charge is 0.352 e. The summed E-state index contributed by atoms with van der Waals surface area (Å²) in [6.07, 6.45) is 6.78. The van der Waals surface area contributed by atoms with Gasteiger partial charge in [-0.2, -0.15) is 8.78 Å². The zero-order valence-electron chi connectivity index (χ0n) is 12.8. The average Bonchev–Trinajstić information content (AvgIpc) is 2.99. The van der Waals surface area contributed by atoms with Crippen LogP contribution in [0, 0.1) is 5.92 Å². The molecule has 0 fully saturated rings. The van der Waals surface area contributed by atoms with E-state index in [1.54, 1.807) is 6.20 Å². The number of carbonyl (C=O) groups excluding carboxylic acids is 1. The highest BCUT2D eigenvalue weighted by molar-refractivity contribution is 5.93. The van der Waals surface area contributed by atoms with Gasteiger partial charge < -0.3 is 9.88 Å². The van der Waals surface area contributed by atoms with Crippen LogP contribution in [0.25, 0.3) is 0 Å². The van der Waals surface area contributed by atoms with Crippen LogP contribution >= 0.6 is 0 Å². The van der Waals surface area contributed by atoms with Gasteiger partial charge in [-0.3, -0.25) is 9.78 Å². The summed E-state index contributed by atoms with van der Waals surface area (Å²) in [5, 5.41) is 2.85. The van der Waals surface area contributed by atoms with E-state index in [0.29, 0.717) is 12.5 Å². The summed E-state index contributed by atoms with van der Waals surface area (Å²) in [5.41, 5.74) is -0.0499. The molecule has 1 aliphatic rings. The zero-order chi connectivity index (χ0) is 16.4. The number of fused-ring (bicyclic) bond motifs is 1. The Hall–Kier alpha value is -2.31. The molecule has 0 aromatic carbocycles. The van der Waals surface area contributed by atoms with Gasteiger partial charge in [0.05, 0.1) is 5.56 Å². The normalized spacial score (nSPS) is 17.6. The van der Waals surface area contributed by atoms with E-state index in [1.165, 1.54) is 18.3 Å². The van der Waals surface area contributed by atoms with E-state index in [1.807, 2.05) is 6.20 Å². The minimum Gasteiger partial charge on any atom is -0.352 e. The first-order valence-corrected chi connectivity index (χ1v) is 7.56. The number of halogens is 2. The third-order valence-corrected chi connectivity index (χ3v) is 4.06. The minimum absolute atomic E-state index is 0.289. The second-order valence-electron chi connectivity index (χ2n) is 5.93. The fourth-order valence-corrected chi connectivity index (χ4v) is 2.73. The molecule has 3 heterocycles. The predicted molar refractivity (Wildman–Crippen MR) is 80.2 cm³/mol. The highest BCUT2D eigenvalue weighted by Gasteiger charge is 2.26. The maximum atomic E-state index is 13.1. The molecule has 0 aliphatic carbocycles. The van der Waals surface area contributed by atoms with Crippen LogP contribution in [0.2, 0.25) is 0 Å². The van der Waals surface area contributed by atoms with Gasteiger partial charge in [-0.05, 0) is 24.5 Å². The van der Waals surface area contributed by atoms with Crippen molar-refractivity contribution in [2.45, 2.75) is 32.2 Å². The van der Waals surface area contributed by atoms with Crippen LogP contribution in [0.4, 0.5) is 8.78 Å². The quantitative estimate of drug-likeness (QED) is 0.941. The van der Waals surface area contributed by atoms with Crippen molar-refractivity contribution in [1.29, 1.82) is 0 Å². The van der Waals surface area contributed by atoms with Crippen molar-refractivity contribution in [3.05, 3.63) is 47.8 Å². The van der Waals surface area contributed by atoms with E-state index in [2.05, 4.69) is 19.9 Å². The number of imidazole rings is 1. The Kier molecular flexibility index (Phi) is 4.11. The van der Waals surface area contributed by atoms with Crippen LogP contribution in [0.15, 0.2) is 30.7 Å². The number of nitrogens with zero attached hydrogens (tertiary/aromatic N) is 3. The molecule has 2 aromatic heterocycles. The molecule has 0 bridgehead atoms. The molecule has 2 aromatic rings.